The van der Waals surface area contributed by atoms with E-state index in [0.717, 1.165) is 17.2 Å². The Balaban J connectivity index is 2.78. The molecule has 0 spiro atoms. The van der Waals surface area contributed by atoms with Gasteiger partial charge in [-0.1, -0.05) is 25.4 Å². The lowest BCUT2D eigenvalue weighted by molar-refractivity contribution is 0.468. The molecule has 0 aromatic carbocycles. The van der Waals surface area contributed by atoms with Gasteiger partial charge >= 0.3 is 0 Å². The SMILES string of the molecule is CC(C)CSCC(NN)c1c(Cl)cnn1C(C)C. The zero-order valence-corrected chi connectivity index (χ0v) is 13.1. The largest absolute Gasteiger partial charge is 0.271 e. The fraction of sp³-hybridized carbons (Fsp3) is 0.750. The number of nitrogens with zero attached hydrogens (tertiary/aromatic N) is 2. The van der Waals surface area contributed by atoms with Crippen LogP contribution in [0.5, 0.6) is 0 Å². The molecule has 1 aromatic rings. The first-order valence-corrected chi connectivity index (χ1v) is 7.77. The fourth-order valence-electron chi connectivity index (χ4n) is 1.72. The lowest BCUT2D eigenvalue weighted by Crippen LogP contribution is -2.32. The van der Waals surface area contributed by atoms with Crippen molar-refractivity contribution in [1.82, 2.24) is 15.2 Å². The van der Waals surface area contributed by atoms with Gasteiger partial charge in [-0.05, 0) is 25.5 Å². The van der Waals surface area contributed by atoms with E-state index in [1.54, 1.807) is 6.20 Å². The number of hydrogen-bond donors (Lipinski definition) is 2. The molecule has 0 aliphatic heterocycles. The van der Waals surface area contributed by atoms with E-state index < -0.39 is 0 Å². The minimum atomic E-state index is 0.0335. The van der Waals surface area contributed by atoms with Crippen LogP contribution in [0.15, 0.2) is 6.20 Å². The van der Waals surface area contributed by atoms with Crippen LogP contribution in [0.2, 0.25) is 5.02 Å². The summed E-state index contributed by atoms with van der Waals surface area (Å²) in [5.41, 5.74) is 3.83. The summed E-state index contributed by atoms with van der Waals surface area (Å²) in [4.78, 5) is 0. The molecule has 0 aliphatic carbocycles. The number of nitrogens with two attached hydrogens (primary N) is 1. The van der Waals surface area contributed by atoms with Gasteiger partial charge in [-0.25, -0.2) is 0 Å². The molecule has 1 unspecified atom stereocenters. The first kappa shape index (κ1) is 15.8. The quantitative estimate of drug-likeness (QED) is 0.599. The Labute approximate surface area is 119 Å². The number of rotatable bonds is 7. The van der Waals surface area contributed by atoms with Gasteiger partial charge in [-0.2, -0.15) is 16.9 Å². The van der Waals surface area contributed by atoms with E-state index in [2.05, 4.69) is 38.2 Å². The van der Waals surface area contributed by atoms with Gasteiger partial charge in [0.2, 0.25) is 0 Å². The van der Waals surface area contributed by atoms with Crippen LogP contribution in [0, 0.1) is 5.92 Å². The zero-order valence-electron chi connectivity index (χ0n) is 11.5. The molecule has 0 bridgehead atoms. The van der Waals surface area contributed by atoms with E-state index >= 15 is 0 Å². The Bertz CT molecular complexity index is 365. The second-order valence-corrected chi connectivity index (χ2v) is 6.55. The molecule has 1 heterocycles. The maximum absolute atomic E-state index is 6.22. The van der Waals surface area contributed by atoms with Gasteiger partial charge in [0.05, 0.1) is 23.0 Å². The first-order chi connectivity index (χ1) is 8.47. The van der Waals surface area contributed by atoms with Crippen molar-refractivity contribution in [3.8, 4) is 0 Å². The monoisotopic (exact) mass is 290 g/mol. The normalized spacial score (nSPS) is 13.6. The Kier molecular flexibility index (Phi) is 6.49. The molecule has 18 heavy (non-hydrogen) atoms. The number of aromatic nitrogens is 2. The van der Waals surface area contributed by atoms with Crippen LogP contribution in [0.1, 0.15) is 45.5 Å². The Morgan fingerprint density at radius 3 is 2.56 bits per heavy atom. The summed E-state index contributed by atoms with van der Waals surface area (Å²) in [6.07, 6.45) is 1.69. The summed E-state index contributed by atoms with van der Waals surface area (Å²) in [6.45, 7) is 8.59. The van der Waals surface area contributed by atoms with E-state index in [4.69, 9.17) is 17.4 Å². The van der Waals surface area contributed by atoms with Crippen LogP contribution in [0.25, 0.3) is 0 Å². The summed E-state index contributed by atoms with van der Waals surface area (Å²) >= 11 is 8.09. The molecule has 1 atom stereocenters. The van der Waals surface area contributed by atoms with E-state index in [1.807, 2.05) is 16.4 Å². The van der Waals surface area contributed by atoms with E-state index in [9.17, 15) is 0 Å². The van der Waals surface area contributed by atoms with Crippen LogP contribution in [-0.4, -0.2) is 21.3 Å². The maximum atomic E-state index is 6.22. The van der Waals surface area contributed by atoms with Gasteiger partial charge in [0.15, 0.2) is 0 Å². The van der Waals surface area contributed by atoms with Gasteiger partial charge in [-0.15, -0.1) is 0 Å². The van der Waals surface area contributed by atoms with Crippen LogP contribution in [0.4, 0.5) is 0 Å². The molecule has 0 saturated carbocycles. The maximum Gasteiger partial charge on any atom is 0.0835 e. The third-order valence-corrected chi connectivity index (χ3v) is 4.31. The molecule has 0 aliphatic rings. The molecule has 104 valence electrons. The van der Waals surface area contributed by atoms with Gasteiger partial charge in [0, 0.05) is 11.8 Å². The molecule has 4 nitrogen and oxygen atoms in total. The Hall–Kier alpha value is -0.230. The molecular weight excluding hydrogens is 268 g/mol. The van der Waals surface area contributed by atoms with E-state index in [1.165, 1.54) is 0 Å². The first-order valence-electron chi connectivity index (χ1n) is 6.24. The highest BCUT2D eigenvalue weighted by molar-refractivity contribution is 7.99. The Morgan fingerprint density at radius 2 is 2.06 bits per heavy atom. The molecule has 6 heteroatoms. The molecule has 0 saturated heterocycles. The summed E-state index contributed by atoms with van der Waals surface area (Å²) < 4.78 is 1.93. The molecule has 1 aromatic heterocycles. The summed E-state index contributed by atoms with van der Waals surface area (Å²) in [5, 5.41) is 4.98. The van der Waals surface area contributed by atoms with E-state index in [-0.39, 0.29) is 12.1 Å². The fourth-order valence-corrected chi connectivity index (χ4v) is 3.08. The number of nitrogens with one attached hydrogen (secondary N) is 1. The summed E-state index contributed by atoms with van der Waals surface area (Å²) in [5.74, 6) is 8.35. The number of thioether (sulfide) groups is 1. The smallest absolute Gasteiger partial charge is 0.0835 e. The van der Waals surface area contributed by atoms with E-state index in [0.29, 0.717) is 10.9 Å². The van der Waals surface area contributed by atoms with Gasteiger partial charge in [0.1, 0.15) is 0 Å². The lowest BCUT2D eigenvalue weighted by atomic mass is 10.2. The van der Waals surface area contributed by atoms with Crippen molar-refractivity contribution in [2.24, 2.45) is 11.8 Å². The van der Waals surface area contributed by atoms with Crippen molar-refractivity contribution >= 4 is 23.4 Å². The highest BCUT2D eigenvalue weighted by Crippen LogP contribution is 2.27. The van der Waals surface area contributed by atoms with Crippen LogP contribution >= 0.6 is 23.4 Å². The van der Waals surface area contributed by atoms with Crippen molar-refractivity contribution in [2.45, 2.75) is 39.8 Å². The minimum absolute atomic E-state index is 0.0335. The van der Waals surface area contributed by atoms with Crippen molar-refractivity contribution < 1.29 is 0 Å². The third kappa shape index (κ3) is 4.16. The van der Waals surface area contributed by atoms with Crippen LogP contribution < -0.4 is 11.3 Å². The zero-order chi connectivity index (χ0) is 13.7. The molecule has 0 fully saturated rings. The van der Waals surface area contributed by atoms with Crippen LogP contribution in [0.3, 0.4) is 0 Å². The standard InChI is InChI=1S/C12H23ClN4S/c1-8(2)6-18-7-11(16-14)12-10(13)5-15-17(12)9(3)4/h5,8-9,11,16H,6-7,14H2,1-4H3. The molecule has 0 radical (unpaired) electrons. The lowest BCUT2D eigenvalue weighted by Gasteiger charge is -2.20. The summed E-state index contributed by atoms with van der Waals surface area (Å²) in [6, 6.07) is 0.310. The van der Waals surface area contributed by atoms with Gasteiger partial charge in [-0.3, -0.25) is 16.0 Å². The van der Waals surface area contributed by atoms with Crippen LogP contribution in [-0.2, 0) is 0 Å². The van der Waals surface area contributed by atoms with Crippen molar-refractivity contribution in [3.05, 3.63) is 16.9 Å². The molecular formula is C12H23ClN4S. The number of halogens is 1. The molecule has 0 amide bonds. The average Bonchev–Trinajstić information content (AvgIpc) is 2.66. The van der Waals surface area contributed by atoms with Gasteiger partial charge in [0.25, 0.3) is 0 Å². The van der Waals surface area contributed by atoms with Gasteiger partial charge < -0.3 is 0 Å². The summed E-state index contributed by atoms with van der Waals surface area (Å²) in [7, 11) is 0. The van der Waals surface area contributed by atoms with Crippen molar-refractivity contribution in [2.75, 3.05) is 11.5 Å². The minimum Gasteiger partial charge on any atom is -0.271 e. The average molecular weight is 291 g/mol. The Morgan fingerprint density at radius 1 is 1.39 bits per heavy atom. The second kappa shape index (κ2) is 7.38. The second-order valence-electron chi connectivity index (χ2n) is 5.07. The van der Waals surface area contributed by atoms with Crippen molar-refractivity contribution in [1.29, 1.82) is 0 Å². The number of hydrogen-bond acceptors (Lipinski definition) is 4. The van der Waals surface area contributed by atoms with Crippen molar-refractivity contribution in [3.63, 3.8) is 0 Å². The predicted molar refractivity (Wildman–Crippen MR) is 79.8 cm³/mol. The third-order valence-electron chi connectivity index (χ3n) is 2.54. The predicted octanol–water partition coefficient (Wildman–Crippen LogP) is 3.01. The highest BCUT2D eigenvalue weighted by Gasteiger charge is 2.20. The highest BCUT2D eigenvalue weighted by atomic mass is 35.5. The molecule has 1 rings (SSSR count). The number of hydrazine groups is 1. The topological polar surface area (TPSA) is 55.9 Å². The molecule has 3 N–H and O–H groups in total.